The number of hydrogen-bond acceptors (Lipinski definition) is 11. The van der Waals surface area contributed by atoms with E-state index < -0.39 is 60.0 Å². The lowest BCUT2D eigenvalue weighted by Crippen LogP contribution is -2.44. The smallest absolute Gasteiger partial charge is 0.425 e. The summed E-state index contributed by atoms with van der Waals surface area (Å²) in [5, 5.41) is 11.8. The second kappa shape index (κ2) is 13.0. The average Bonchev–Trinajstić information content (AvgIpc) is 3.18. The Hall–Kier alpha value is -4.50. The van der Waals surface area contributed by atoms with E-state index in [0.717, 1.165) is 11.2 Å². The maximum Gasteiger partial charge on any atom is 0.425 e. The van der Waals surface area contributed by atoms with E-state index in [1.807, 2.05) is 0 Å². The molecule has 16 nitrogen and oxygen atoms in total. The number of nitrogens with zero attached hydrogens (tertiary/aromatic N) is 6. The van der Waals surface area contributed by atoms with Crippen LogP contribution >= 0.6 is 0 Å². The second-order valence-electron chi connectivity index (χ2n) is 12.2. The fourth-order valence-corrected chi connectivity index (χ4v) is 3.32. The molecular formula is C26H39N7O9. The van der Waals surface area contributed by atoms with E-state index in [1.54, 1.807) is 62.3 Å². The van der Waals surface area contributed by atoms with Crippen LogP contribution in [0.3, 0.4) is 0 Å². The molecule has 0 aliphatic carbocycles. The number of carboxylic acids is 1. The van der Waals surface area contributed by atoms with Gasteiger partial charge in [-0.3, -0.25) is 9.59 Å². The lowest BCUT2D eigenvalue weighted by atomic mass is 10.2. The normalized spacial score (nSPS) is 11.9. The van der Waals surface area contributed by atoms with Crippen molar-refractivity contribution in [2.45, 2.75) is 85.7 Å². The molecule has 16 heteroatoms. The molecule has 0 saturated carbocycles. The highest BCUT2D eigenvalue weighted by molar-refractivity contribution is 6.12. The van der Waals surface area contributed by atoms with Crippen LogP contribution in [0.15, 0.2) is 12.7 Å². The number of carbonyl (C=O) groups excluding carboxylic acids is 4. The molecule has 2 rings (SSSR count). The van der Waals surface area contributed by atoms with Crippen LogP contribution in [0.2, 0.25) is 0 Å². The van der Waals surface area contributed by atoms with Crippen LogP contribution in [0.5, 0.6) is 0 Å². The summed E-state index contributed by atoms with van der Waals surface area (Å²) in [7, 11) is 0. The number of ether oxygens (including phenoxy) is 3. The summed E-state index contributed by atoms with van der Waals surface area (Å²) in [6.45, 7) is 13.6. The van der Waals surface area contributed by atoms with Crippen LogP contribution in [0.4, 0.5) is 20.2 Å². The molecule has 0 fully saturated rings. The van der Waals surface area contributed by atoms with Crippen molar-refractivity contribution in [3.63, 3.8) is 0 Å². The zero-order valence-electron chi connectivity index (χ0n) is 25.4. The van der Waals surface area contributed by atoms with Crippen LogP contribution < -0.4 is 10.2 Å². The first-order chi connectivity index (χ1) is 19.2. The molecule has 0 unspecified atom stereocenters. The highest BCUT2D eigenvalue weighted by Crippen LogP contribution is 2.26. The molecular weight excluding hydrogens is 554 g/mol. The maximum atomic E-state index is 13.1. The highest BCUT2D eigenvalue weighted by Gasteiger charge is 2.35. The second-order valence-corrected chi connectivity index (χ2v) is 12.2. The van der Waals surface area contributed by atoms with Gasteiger partial charge in [0.1, 0.15) is 36.2 Å². The number of carboxylic acid groups (broad SMARTS) is 1. The van der Waals surface area contributed by atoms with Crippen LogP contribution in [0, 0.1) is 0 Å². The van der Waals surface area contributed by atoms with Gasteiger partial charge in [0.15, 0.2) is 17.0 Å². The van der Waals surface area contributed by atoms with E-state index in [-0.39, 0.29) is 30.1 Å². The molecule has 0 spiro atoms. The zero-order valence-corrected chi connectivity index (χ0v) is 25.4. The standard InChI is InChI=1S/C26H39N7O9/c1-24(2,3)40-21(37)27-10-11-31(13-17(35)36)16(34)12-32-15-30-18-19(32)28-14-29-20(18)33(22(38)41-25(4,5)6)23(39)42-26(7,8)9/h14-15H,10-13H2,1-9H3,(H,27,37)(H,35,36). The summed E-state index contributed by atoms with van der Waals surface area (Å²) in [6.07, 6.45) is -0.530. The van der Waals surface area contributed by atoms with E-state index in [0.29, 0.717) is 4.90 Å². The number of aliphatic carboxylic acids is 1. The number of nitrogens with one attached hydrogen (secondary N) is 1. The average molecular weight is 594 g/mol. The van der Waals surface area contributed by atoms with E-state index in [9.17, 15) is 29.1 Å². The number of carbonyl (C=O) groups is 5. The van der Waals surface area contributed by atoms with Crippen molar-refractivity contribution in [3.8, 4) is 0 Å². The molecule has 0 radical (unpaired) electrons. The number of amides is 4. The quantitative estimate of drug-likeness (QED) is 0.425. The highest BCUT2D eigenvalue weighted by atomic mass is 16.6. The SMILES string of the molecule is CC(C)(C)OC(=O)NCCN(CC(=O)O)C(=O)Cn1cnc2c(N(C(=O)OC(C)(C)C)C(=O)OC(C)(C)C)ncnc21. The van der Waals surface area contributed by atoms with Crippen molar-refractivity contribution in [1.29, 1.82) is 0 Å². The predicted molar refractivity (Wildman–Crippen MR) is 149 cm³/mol. The number of imide groups is 1. The third-order valence-corrected chi connectivity index (χ3v) is 4.78. The fraction of sp³-hybridized carbons (Fsp3) is 0.615. The minimum absolute atomic E-state index is 0.0154. The first-order valence-corrected chi connectivity index (χ1v) is 13.0. The third-order valence-electron chi connectivity index (χ3n) is 4.78. The summed E-state index contributed by atoms with van der Waals surface area (Å²) in [5.41, 5.74) is -2.58. The summed E-state index contributed by atoms with van der Waals surface area (Å²) in [6, 6.07) is 0. The fourth-order valence-electron chi connectivity index (χ4n) is 3.32. The van der Waals surface area contributed by atoms with Gasteiger partial charge in [-0.15, -0.1) is 0 Å². The van der Waals surface area contributed by atoms with Gasteiger partial charge < -0.3 is 34.1 Å². The Morgan fingerprint density at radius 1 is 0.857 bits per heavy atom. The van der Waals surface area contributed by atoms with E-state index in [4.69, 9.17) is 14.2 Å². The first kappa shape index (κ1) is 33.7. The van der Waals surface area contributed by atoms with Crippen LogP contribution in [-0.4, -0.2) is 96.1 Å². The number of rotatable bonds is 8. The molecule has 2 aromatic rings. The summed E-state index contributed by atoms with van der Waals surface area (Å²) in [5.74, 6) is -2.12. The van der Waals surface area contributed by atoms with Crippen molar-refractivity contribution >= 4 is 47.1 Å². The molecule has 2 N–H and O–H groups in total. The lowest BCUT2D eigenvalue weighted by Gasteiger charge is -2.28. The minimum atomic E-state index is -1.26. The molecule has 0 aliphatic rings. The van der Waals surface area contributed by atoms with Gasteiger partial charge in [-0.25, -0.2) is 29.3 Å². The van der Waals surface area contributed by atoms with Crippen molar-refractivity contribution in [2.75, 3.05) is 24.5 Å². The summed E-state index contributed by atoms with van der Waals surface area (Å²) < 4.78 is 17.2. The Bertz CT molecular complexity index is 1290. The lowest BCUT2D eigenvalue weighted by molar-refractivity contribution is -0.144. The van der Waals surface area contributed by atoms with Gasteiger partial charge in [0, 0.05) is 13.1 Å². The first-order valence-electron chi connectivity index (χ1n) is 13.0. The van der Waals surface area contributed by atoms with Crippen molar-refractivity contribution in [2.24, 2.45) is 0 Å². The molecule has 4 amide bonds. The van der Waals surface area contributed by atoms with E-state index in [1.165, 1.54) is 10.9 Å². The summed E-state index contributed by atoms with van der Waals surface area (Å²) in [4.78, 5) is 76.7. The van der Waals surface area contributed by atoms with E-state index >= 15 is 0 Å². The van der Waals surface area contributed by atoms with Crippen molar-refractivity contribution in [3.05, 3.63) is 12.7 Å². The number of fused-ring (bicyclic) bond motifs is 1. The number of imidazole rings is 1. The third kappa shape index (κ3) is 10.5. The number of alkyl carbamates (subject to hydrolysis) is 1. The van der Waals surface area contributed by atoms with Crippen LogP contribution in [-0.2, 0) is 30.3 Å². The van der Waals surface area contributed by atoms with Gasteiger partial charge in [-0.05, 0) is 62.3 Å². The predicted octanol–water partition coefficient (Wildman–Crippen LogP) is 2.94. The molecule has 0 saturated heterocycles. The monoisotopic (exact) mass is 593 g/mol. The number of hydrogen-bond donors (Lipinski definition) is 2. The summed E-state index contributed by atoms with van der Waals surface area (Å²) >= 11 is 0. The zero-order chi connectivity index (χ0) is 32.0. The van der Waals surface area contributed by atoms with Gasteiger partial charge in [0.05, 0.1) is 6.33 Å². The largest absolute Gasteiger partial charge is 0.480 e. The Labute approximate surface area is 243 Å². The molecule has 0 bridgehead atoms. The van der Waals surface area contributed by atoms with Gasteiger partial charge in [0.2, 0.25) is 5.91 Å². The topological polar surface area (TPSA) is 195 Å². The van der Waals surface area contributed by atoms with Gasteiger partial charge in [0.25, 0.3) is 0 Å². The Morgan fingerprint density at radius 3 is 1.90 bits per heavy atom. The van der Waals surface area contributed by atoms with Crippen LogP contribution in [0.25, 0.3) is 11.2 Å². The molecule has 0 atom stereocenters. The van der Waals surface area contributed by atoms with E-state index in [2.05, 4.69) is 20.3 Å². The Morgan fingerprint density at radius 2 is 1.40 bits per heavy atom. The van der Waals surface area contributed by atoms with Crippen LogP contribution in [0.1, 0.15) is 62.3 Å². The number of anilines is 1. The molecule has 0 aliphatic heterocycles. The van der Waals surface area contributed by atoms with Gasteiger partial charge >= 0.3 is 24.2 Å². The van der Waals surface area contributed by atoms with Gasteiger partial charge in [-0.2, -0.15) is 4.90 Å². The van der Waals surface area contributed by atoms with Crippen molar-refractivity contribution in [1.82, 2.24) is 29.7 Å². The minimum Gasteiger partial charge on any atom is -0.480 e. The Balaban J connectivity index is 2.35. The molecule has 2 aromatic heterocycles. The van der Waals surface area contributed by atoms with Crippen molar-refractivity contribution < 1.29 is 43.3 Å². The molecule has 42 heavy (non-hydrogen) atoms. The number of aromatic nitrogens is 4. The molecule has 2 heterocycles. The maximum absolute atomic E-state index is 13.1. The molecule has 0 aromatic carbocycles. The molecule has 232 valence electrons. The Kier molecular flexibility index (Phi) is 10.4. The van der Waals surface area contributed by atoms with Gasteiger partial charge in [-0.1, -0.05) is 0 Å².